The van der Waals surface area contributed by atoms with Gasteiger partial charge < -0.3 is 8.85 Å². The van der Waals surface area contributed by atoms with Crippen LogP contribution in [0.3, 0.4) is 0 Å². The normalized spacial score (nSPS) is 21.3. The molecular weight excluding hydrogens is 593 g/mol. The van der Waals surface area contributed by atoms with E-state index in [1.165, 1.54) is 24.3 Å². The molecule has 0 fully saturated rings. The molecule has 0 amide bonds. The Bertz CT molecular complexity index is 1200. The van der Waals surface area contributed by atoms with Gasteiger partial charge in [0.2, 0.25) is 0 Å². The van der Waals surface area contributed by atoms with Crippen LogP contribution >= 0.6 is 0 Å². The molecule has 2 unspecified atom stereocenters. The van der Waals surface area contributed by atoms with Gasteiger partial charge in [-0.05, 0) is 113 Å². The van der Waals surface area contributed by atoms with Gasteiger partial charge >= 0.3 is 0 Å². The largest absolute Gasteiger partial charge is 0.412 e. The lowest BCUT2D eigenvalue weighted by molar-refractivity contribution is -0.113. The smallest absolute Gasteiger partial charge is 0.192 e. The molecule has 2 aliphatic carbocycles. The number of carbonyl (C=O) groups excluding carboxylic acids is 2. The molecule has 0 saturated carbocycles. The summed E-state index contributed by atoms with van der Waals surface area (Å²) in [6.07, 6.45) is 11.8. The molecule has 0 aliphatic heterocycles. The molecule has 43 heavy (non-hydrogen) atoms. The highest BCUT2D eigenvalue weighted by Crippen LogP contribution is 2.41. The Kier molecular flexibility index (Phi) is 11.2. The molecule has 0 radical (unpaired) electrons. The molecule has 0 bridgehead atoms. The Morgan fingerprint density at radius 1 is 0.628 bits per heavy atom. The van der Waals surface area contributed by atoms with Crippen LogP contribution in [0.2, 0.25) is 36.3 Å². The zero-order valence-electron chi connectivity index (χ0n) is 29.3. The minimum atomic E-state index is -4.10. The summed E-state index contributed by atoms with van der Waals surface area (Å²) >= 11 is 0. The highest BCUT2D eigenvalue weighted by molar-refractivity contribution is 7.94. The molecule has 6 nitrogen and oxygen atoms in total. The molecule has 0 N–H and O–H groups in total. The lowest BCUT2D eigenvalue weighted by Crippen LogP contribution is -2.47. The summed E-state index contributed by atoms with van der Waals surface area (Å²) in [6.45, 7) is 30.4. The van der Waals surface area contributed by atoms with Crippen LogP contribution in [0.15, 0.2) is 47.6 Å². The summed E-state index contributed by atoms with van der Waals surface area (Å²) in [5.74, 6) is -0.998. The van der Waals surface area contributed by atoms with Gasteiger partial charge in [0.1, 0.15) is 10.5 Å². The lowest BCUT2D eigenvalue weighted by Gasteiger charge is -2.43. The van der Waals surface area contributed by atoms with Gasteiger partial charge in [-0.15, -0.1) is 0 Å². The van der Waals surface area contributed by atoms with E-state index in [-0.39, 0.29) is 21.3 Å². The van der Waals surface area contributed by atoms with Crippen LogP contribution in [0.25, 0.3) is 0 Å². The highest BCUT2D eigenvalue weighted by atomic mass is 32.2. The molecule has 244 valence electrons. The van der Waals surface area contributed by atoms with Crippen molar-refractivity contribution in [2.75, 3.05) is 0 Å². The molecular formula is C34H58O6SSi2. The number of hydrogen-bond acceptors (Lipinski definition) is 6. The minimum Gasteiger partial charge on any atom is -0.412 e. The average Bonchev–Trinajstić information content (AvgIpc) is 2.78. The summed E-state index contributed by atoms with van der Waals surface area (Å²) in [7, 11) is -8.04. The van der Waals surface area contributed by atoms with E-state index in [4.69, 9.17) is 8.85 Å². The topological polar surface area (TPSA) is 86.7 Å². The fourth-order valence-electron chi connectivity index (χ4n) is 4.93. The Morgan fingerprint density at radius 3 is 1.19 bits per heavy atom. The molecule has 0 spiro atoms. The van der Waals surface area contributed by atoms with E-state index in [0.29, 0.717) is 25.7 Å². The van der Waals surface area contributed by atoms with Gasteiger partial charge in [0.25, 0.3) is 0 Å². The fourth-order valence-corrected chi connectivity index (χ4v) is 10.2. The van der Waals surface area contributed by atoms with Crippen molar-refractivity contribution in [3.63, 3.8) is 0 Å². The molecule has 0 aromatic carbocycles. The first kappa shape index (κ1) is 37.8. The van der Waals surface area contributed by atoms with Gasteiger partial charge in [-0.2, -0.15) is 0 Å². The number of carbonyl (C=O) groups is 2. The quantitative estimate of drug-likeness (QED) is 0.197. The number of allylic oxidation sites excluding steroid dienone is 6. The molecule has 2 atom stereocenters. The highest BCUT2D eigenvalue weighted by Gasteiger charge is 2.43. The number of sulfone groups is 1. The molecule has 0 aromatic heterocycles. The molecule has 2 aliphatic rings. The van der Waals surface area contributed by atoms with E-state index in [2.05, 4.69) is 95.4 Å². The molecule has 0 heterocycles. The fraction of sp³-hybridized carbons (Fsp3) is 0.706. The van der Waals surface area contributed by atoms with Crippen LogP contribution in [0.5, 0.6) is 0 Å². The predicted octanol–water partition coefficient (Wildman–Crippen LogP) is 8.43. The maximum atomic E-state index is 13.5. The molecule has 2 rings (SSSR count). The summed E-state index contributed by atoms with van der Waals surface area (Å²) in [4.78, 5) is 26.1. The maximum Gasteiger partial charge on any atom is 0.192 e. The van der Waals surface area contributed by atoms with E-state index in [9.17, 15) is 18.0 Å². The number of ketones is 2. The van der Waals surface area contributed by atoms with Crippen LogP contribution in [-0.2, 0) is 28.3 Å². The Labute approximate surface area is 264 Å². The van der Waals surface area contributed by atoms with Crippen molar-refractivity contribution in [1.82, 2.24) is 0 Å². The Balaban J connectivity index is 2.04. The van der Waals surface area contributed by atoms with Gasteiger partial charge in [-0.1, -0.05) is 65.8 Å². The first-order chi connectivity index (χ1) is 19.1. The van der Waals surface area contributed by atoms with E-state index < -0.39 is 48.5 Å². The van der Waals surface area contributed by atoms with Crippen molar-refractivity contribution in [2.45, 2.75) is 153 Å². The van der Waals surface area contributed by atoms with Crippen molar-refractivity contribution in [3.05, 3.63) is 47.6 Å². The maximum absolute atomic E-state index is 13.5. The summed E-state index contributed by atoms with van der Waals surface area (Å²) in [5, 5.41) is -2.55. The van der Waals surface area contributed by atoms with Crippen LogP contribution in [0, 0.1) is 0 Å². The van der Waals surface area contributed by atoms with E-state index >= 15 is 0 Å². The van der Waals surface area contributed by atoms with E-state index in [1.807, 2.05) is 0 Å². The first-order valence-electron chi connectivity index (χ1n) is 15.6. The van der Waals surface area contributed by atoms with Crippen molar-refractivity contribution in [3.8, 4) is 0 Å². The Morgan fingerprint density at radius 2 is 0.930 bits per heavy atom. The number of rotatable bonds is 12. The standard InChI is InChI=1S/C34H58O6SSi2/c1-31(2,3)42(11,12)39-33(7,8)21-19-25-15-17-29(27(35)23-25)41(37,38)30-18-16-26(24-28(30)36)20-22-34(9,10)40-43(13,14)32(4,5)6/h15-18,23-24,29-30H,19-22H2,1-14H3. The first-order valence-corrected chi connectivity index (χ1v) is 23.0. The summed E-state index contributed by atoms with van der Waals surface area (Å²) in [5.41, 5.74) is 0.801. The zero-order valence-corrected chi connectivity index (χ0v) is 32.1. The second-order valence-corrected chi connectivity index (χ2v) is 28.3. The number of hydrogen-bond donors (Lipinski definition) is 0. The van der Waals surface area contributed by atoms with Gasteiger partial charge in [-0.3, -0.25) is 9.59 Å². The lowest BCUT2D eigenvalue weighted by atomic mass is 9.95. The van der Waals surface area contributed by atoms with Crippen LogP contribution in [0.4, 0.5) is 0 Å². The molecule has 0 aromatic rings. The minimum absolute atomic E-state index is 0.0858. The van der Waals surface area contributed by atoms with Crippen molar-refractivity contribution < 1.29 is 26.9 Å². The van der Waals surface area contributed by atoms with Gasteiger partial charge in [0.15, 0.2) is 38.0 Å². The van der Waals surface area contributed by atoms with Crippen LogP contribution < -0.4 is 0 Å². The van der Waals surface area contributed by atoms with Gasteiger partial charge in [0, 0.05) is 0 Å². The zero-order chi connectivity index (χ0) is 33.4. The second kappa shape index (κ2) is 12.8. The molecule has 0 saturated heterocycles. The monoisotopic (exact) mass is 650 g/mol. The third kappa shape index (κ3) is 9.79. The van der Waals surface area contributed by atoms with Crippen molar-refractivity contribution in [2.24, 2.45) is 0 Å². The third-order valence-electron chi connectivity index (χ3n) is 9.60. The SMILES string of the molecule is CC(C)(CCC1=CC(=O)C(S(=O)(=O)C2C=CC(CCC(C)(C)O[Si](C)(C)C(C)(C)C)=CC2=O)C=C1)O[Si](C)(C)C(C)(C)C. The summed E-state index contributed by atoms with van der Waals surface area (Å²) in [6, 6.07) is 0. The summed E-state index contributed by atoms with van der Waals surface area (Å²) < 4.78 is 40.2. The van der Waals surface area contributed by atoms with E-state index in [0.717, 1.165) is 11.1 Å². The van der Waals surface area contributed by atoms with E-state index in [1.54, 1.807) is 12.2 Å². The molecule has 9 heteroatoms. The van der Waals surface area contributed by atoms with Crippen molar-refractivity contribution in [1.29, 1.82) is 0 Å². The van der Waals surface area contributed by atoms with Crippen molar-refractivity contribution >= 4 is 38.0 Å². The van der Waals surface area contributed by atoms with Crippen LogP contribution in [0.1, 0.15) is 94.9 Å². The second-order valence-electron chi connectivity index (χ2n) is 16.6. The average molecular weight is 651 g/mol. The predicted molar refractivity (Wildman–Crippen MR) is 184 cm³/mol. The van der Waals surface area contributed by atoms with Gasteiger partial charge in [-0.25, -0.2) is 8.42 Å². The van der Waals surface area contributed by atoms with Crippen LogP contribution in [-0.4, -0.2) is 58.3 Å². The third-order valence-corrected chi connectivity index (χ3v) is 21.1. The van der Waals surface area contributed by atoms with Gasteiger partial charge in [0.05, 0.1) is 11.2 Å². The Hall–Kier alpha value is -1.40.